The molecule has 0 saturated heterocycles. The van der Waals surface area contributed by atoms with Gasteiger partial charge in [0.05, 0.1) is 17.5 Å². The van der Waals surface area contributed by atoms with Crippen LogP contribution >= 0.6 is 0 Å². The second kappa shape index (κ2) is 6.17. The number of carbonyl (C=O) groups excluding carboxylic acids is 1. The summed E-state index contributed by atoms with van der Waals surface area (Å²) in [6.45, 7) is 2.03. The Balaban J connectivity index is 1.94. The van der Waals surface area contributed by atoms with Gasteiger partial charge in [0.2, 0.25) is 0 Å². The lowest BCUT2D eigenvalue weighted by Gasteiger charge is -2.06. The van der Waals surface area contributed by atoms with Crippen molar-refractivity contribution in [2.45, 2.75) is 13.3 Å². The van der Waals surface area contributed by atoms with Gasteiger partial charge in [-0.25, -0.2) is 9.78 Å². The van der Waals surface area contributed by atoms with Crippen LogP contribution in [-0.4, -0.2) is 38.3 Å². The summed E-state index contributed by atoms with van der Waals surface area (Å²) in [7, 11) is 1.83. The van der Waals surface area contributed by atoms with Gasteiger partial charge in [-0.2, -0.15) is 5.10 Å². The molecule has 0 aliphatic heterocycles. The minimum absolute atomic E-state index is 0.0990. The molecular formula is C14H16N4O3. The number of aromatic nitrogens is 3. The summed E-state index contributed by atoms with van der Waals surface area (Å²) in [6, 6.07) is 2.80. The van der Waals surface area contributed by atoms with Crippen molar-refractivity contribution in [1.82, 2.24) is 20.1 Å². The van der Waals surface area contributed by atoms with Gasteiger partial charge in [0.25, 0.3) is 5.91 Å². The molecule has 0 spiro atoms. The highest BCUT2D eigenvalue weighted by molar-refractivity contribution is 5.94. The first-order chi connectivity index (χ1) is 9.97. The SMILES string of the molecule is Cc1nc(C(=O)NCCc2cnn(C)c2)ccc1C(=O)O. The quantitative estimate of drug-likeness (QED) is 0.848. The van der Waals surface area contributed by atoms with Gasteiger partial charge in [0.1, 0.15) is 5.69 Å². The maximum Gasteiger partial charge on any atom is 0.337 e. The molecule has 0 fully saturated rings. The summed E-state index contributed by atoms with van der Waals surface area (Å²) in [6.07, 6.45) is 4.30. The Kier molecular flexibility index (Phi) is 4.32. The van der Waals surface area contributed by atoms with Crippen LogP contribution in [0.2, 0.25) is 0 Å². The number of carboxylic acids is 1. The predicted molar refractivity (Wildman–Crippen MR) is 75.2 cm³/mol. The first-order valence-electron chi connectivity index (χ1n) is 6.44. The summed E-state index contributed by atoms with van der Waals surface area (Å²) >= 11 is 0. The summed E-state index contributed by atoms with van der Waals surface area (Å²) in [5.41, 5.74) is 1.66. The number of aromatic carboxylic acids is 1. The minimum Gasteiger partial charge on any atom is -0.478 e. The van der Waals surface area contributed by atoms with Crippen LogP contribution in [0.4, 0.5) is 0 Å². The zero-order valence-electron chi connectivity index (χ0n) is 11.8. The Morgan fingerprint density at radius 1 is 1.38 bits per heavy atom. The molecule has 0 unspecified atom stereocenters. The lowest BCUT2D eigenvalue weighted by Crippen LogP contribution is -2.26. The number of pyridine rings is 1. The van der Waals surface area contributed by atoms with E-state index in [1.165, 1.54) is 12.1 Å². The fourth-order valence-electron chi connectivity index (χ4n) is 1.93. The van der Waals surface area contributed by atoms with Crippen molar-refractivity contribution in [2.24, 2.45) is 7.05 Å². The molecule has 0 atom stereocenters. The number of nitrogens with one attached hydrogen (secondary N) is 1. The number of rotatable bonds is 5. The van der Waals surface area contributed by atoms with Gasteiger partial charge in [-0.15, -0.1) is 0 Å². The maximum absolute atomic E-state index is 11.9. The number of carbonyl (C=O) groups is 2. The Morgan fingerprint density at radius 2 is 2.14 bits per heavy atom. The lowest BCUT2D eigenvalue weighted by atomic mass is 10.2. The molecule has 2 rings (SSSR count). The molecular weight excluding hydrogens is 272 g/mol. The van der Waals surface area contributed by atoms with Crippen molar-refractivity contribution in [3.8, 4) is 0 Å². The minimum atomic E-state index is -1.05. The van der Waals surface area contributed by atoms with Gasteiger partial charge in [-0.1, -0.05) is 0 Å². The third-order valence-corrected chi connectivity index (χ3v) is 3.01. The van der Waals surface area contributed by atoms with Crippen LogP contribution in [0.1, 0.15) is 32.1 Å². The van der Waals surface area contributed by atoms with E-state index in [0.717, 1.165) is 5.56 Å². The van der Waals surface area contributed by atoms with Crippen LogP contribution < -0.4 is 5.32 Å². The van der Waals surface area contributed by atoms with Crippen molar-refractivity contribution in [3.05, 3.63) is 47.0 Å². The van der Waals surface area contributed by atoms with Crippen molar-refractivity contribution in [2.75, 3.05) is 6.54 Å². The van der Waals surface area contributed by atoms with Crippen LogP contribution in [0, 0.1) is 6.92 Å². The number of hydrogen-bond acceptors (Lipinski definition) is 4. The zero-order chi connectivity index (χ0) is 15.4. The van der Waals surface area contributed by atoms with Crippen molar-refractivity contribution in [3.63, 3.8) is 0 Å². The predicted octanol–water partition coefficient (Wildman–Crippen LogP) is 0.794. The number of hydrogen-bond donors (Lipinski definition) is 2. The zero-order valence-corrected chi connectivity index (χ0v) is 11.8. The van der Waals surface area contributed by atoms with Gasteiger partial charge in [-0.05, 0) is 31.0 Å². The van der Waals surface area contributed by atoms with E-state index in [1.54, 1.807) is 17.8 Å². The van der Waals surface area contributed by atoms with E-state index < -0.39 is 5.97 Å². The number of amides is 1. The fourth-order valence-corrected chi connectivity index (χ4v) is 1.93. The van der Waals surface area contributed by atoms with E-state index in [4.69, 9.17) is 5.11 Å². The number of carboxylic acid groups (broad SMARTS) is 1. The van der Waals surface area contributed by atoms with Gasteiger partial charge >= 0.3 is 5.97 Å². The Hall–Kier alpha value is -2.70. The van der Waals surface area contributed by atoms with E-state index in [-0.39, 0.29) is 17.2 Å². The summed E-state index contributed by atoms with van der Waals surface area (Å²) in [5.74, 6) is -1.37. The normalized spacial score (nSPS) is 10.4. The largest absolute Gasteiger partial charge is 0.478 e. The molecule has 2 N–H and O–H groups in total. The van der Waals surface area contributed by atoms with Crippen molar-refractivity contribution in [1.29, 1.82) is 0 Å². The molecule has 2 aromatic heterocycles. The molecule has 0 saturated carbocycles. The van der Waals surface area contributed by atoms with Crippen LogP contribution in [-0.2, 0) is 13.5 Å². The van der Waals surface area contributed by atoms with E-state index in [1.807, 2.05) is 13.2 Å². The molecule has 0 aliphatic carbocycles. The molecule has 0 aliphatic rings. The highest BCUT2D eigenvalue weighted by Gasteiger charge is 2.12. The Bertz CT molecular complexity index is 679. The van der Waals surface area contributed by atoms with Crippen LogP contribution in [0.25, 0.3) is 0 Å². The summed E-state index contributed by atoms with van der Waals surface area (Å²) in [4.78, 5) is 26.8. The summed E-state index contributed by atoms with van der Waals surface area (Å²) in [5, 5.41) is 15.7. The van der Waals surface area contributed by atoms with Crippen molar-refractivity contribution < 1.29 is 14.7 Å². The first kappa shape index (κ1) is 14.7. The highest BCUT2D eigenvalue weighted by atomic mass is 16.4. The molecule has 2 aromatic rings. The van der Waals surface area contributed by atoms with Gasteiger partial charge < -0.3 is 10.4 Å². The highest BCUT2D eigenvalue weighted by Crippen LogP contribution is 2.07. The Labute approximate surface area is 121 Å². The van der Waals surface area contributed by atoms with E-state index in [0.29, 0.717) is 18.7 Å². The van der Waals surface area contributed by atoms with Crippen LogP contribution in [0.3, 0.4) is 0 Å². The average Bonchev–Trinajstić information content (AvgIpc) is 2.83. The third-order valence-electron chi connectivity index (χ3n) is 3.01. The summed E-state index contributed by atoms with van der Waals surface area (Å²) < 4.78 is 1.70. The van der Waals surface area contributed by atoms with Gasteiger partial charge in [0.15, 0.2) is 0 Å². The van der Waals surface area contributed by atoms with Crippen molar-refractivity contribution >= 4 is 11.9 Å². The second-order valence-electron chi connectivity index (χ2n) is 4.66. The average molecular weight is 288 g/mol. The van der Waals surface area contributed by atoms with Crippen LogP contribution in [0.15, 0.2) is 24.5 Å². The fraction of sp³-hybridized carbons (Fsp3) is 0.286. The topological polar surface area (TPSA) is 97.1 Å². The standard InChI is InChI=1S/C14H16N4O3/c1-9-11(14(20)21)3-4-12(17-9)13(19)15-6-5-10-7-16-18(2)8-10/h3-4,7-8H,5-6H2,1-2H3,(H,15,19)(H,20,21). The lowest BCUT2D eigenvalue weighted by molar-refractivity contribution is 0.0694. The molecule has 21 heavy (non-hydrogen) atoms. The third kappa shape index (κ3) is 3.65. The molecule has 0 aromatic carbocycles. The molecule has 7 heteroatoms. The van der Waals surface area contributed by atoms with Gasteiger partial charge in [0, 0.05) is 19.8 Å². The second-order valence-corrected chi connectivity index (χ2v) is 4.66. The molecule has 0 bridgehead atoms. The van der Waals surface area contributed by atoms with E-state index >= 15 is 0 Å². The van der Waals surface area contributed by atoms with Gasteiger partial charge in [-0.3, -0.25) is 9.48 Å². The number of nitrogens with zero attached hydrogens (tertiary/aromatic N) is 3. The molecule has 2 heterocycles. The first-order valence-corrected chi connectivity index (χ1v) is 6.44. The molecule has 7 nitrogen and oxygen atoms in total. The maximum atomic E-state index is 11.9. The molecule has 110 valence electrons. The molecule has 1 amide bonds. The van der Waals surface area contributed by atoms with E-state index in [2.05, 4.69) is 15.4 Å². The smallest absolute Gasteiger partial charge is 0.337 e. The van der Waals surface area contributed by atoms with E-state index in [9.17, 15) is 9.59 Å². The monoisotopic (exact) mass is 288 g/mol. The Morgan fingerprint density at radius 3 is 2.71 bits per heavy atom. The number of aryl methyl sites for hydroxylation is 2. The molecule has 0 radical (unpaired) electrons. The van der Waals surface area contributed by atoms with Crippen LogP contribution in [0.5, 0.6) is 0 Å².